The topological polar surface area (TPSA) is 100 Å². The number of likely N-dealkylation sites (tertiary alicyclic amines) is 1. The minimum absolute atomic E-state index is 0.195. The molecule has 3 aliphatic heterocycles. The molecule has 0 aromatic carbocycles. The Balaban J connectivity index is 1.54. The maximum absolute atomic E-state index is 13.3. The zero-order valence-corrected chi connectivity index (χ0v) is 18.5. The van der Waals surface area contributed by atoms with Gasteiger partial charge in [-0.2, -0.15) is 5.10 Å². The fraction of sp³-hybridized carbons (Fsp3) is 0.714. The molecule has 170 valence electrons. The number of hydrogen-bond donors (Lipinski definition) is 1. The molecule has 3 saturated heterocycles. The summed E-state index contributed by atoms with van der Waals surface area (Å²) in [5, 5.41) is 6.93. The molecule has 4 heterocycles. The Labute approximate surface area is 182 Å². The van der Waals surface area contributed by atoms with Crippen LogP contribution in [0.15, 0.2) is 12.4 Å². The summed E-state index contributed by atoms with van der Waals surface area (Å²) in [5.41, 5.74) is -0.0999. The number of nitrogens with zero attached hydrogens (tertiary/aromatic N) is 5. The third-order valence-corrected chi connectivity index (χ3v) is 6.36. The van der Waals surface area contributed by atoms with Gasteiger partial charge in [-0.25, -0.2) is 4.79 Å². The summed E-state index contributed by atoms with van der Waals surface area (Å²) >= 11 is 0. The highest BCUT2D eigenvalue weighted by molar-refractivity contribution is 6.08. The van der Waals surface area contributed by atoms with Crippen molar-refractivity contribution in [3.63, 3.8) is 0 Å². The lowest BCUT2D eigenvalue weighted by Gasteiger charge is -2.43. The second-order valence-corrected chi connectivity index (χ2v) is 9.20. The molecule has 10 nitrogen and oxygen atoms in total. The van der Waals surface area contributed by atoms with Crippen molar-refractivity contribution < 1.29 is 19.1 Å². The van der Waals surface area contributed by atoms with E-state index in [1.54, 1.807) is 29.6 Å². The molecule has 2 atom stereocenters. The van der Waals surface area contributed by atoms with Crippen molar-refractivity contribution in [2.75, 3.05) is 39.3 Å². The quantitative estimate of drug-likeness (QED) is 0.681. The predicted octanol–water partition coefficient (Wildman–Crippen LogP) is 0.505. The molecule has 3 aliphatic rings. The highest BCUT2D eigenvalue weighted by Gasteiger charge is 2.46. The van der Waals surface area contributed by atoms with Gasteiger partial charge in [-0.05, 0) is 39.8 Å². The van der Waals surface area contributed by atoms with Gasteiger partial charge in [0, 0.05) is 31.9 Å². The summed E-state index contributed by atoms with van der Waals surface area (Å²) < 4.78 is 7.86. The monoisotopic (exact) mass is 432 g/mol. The fourth-order valence-corrected chi connectivity index (χ4v) is 4.74. The lowest BCUT2D eigenvalue weighted by atomic mass is 9.99. The van der Waals surface area contributed by atoms with Crippen LogP contribution in [0.1, 0.15) is 44.7 Å². The summed E-state index contributed by atoms with van der Waals surface area (Å²) in [6, 6.07) is -0.843. The molecule has 10 heteroatoms. The molecule has 1 N–H and O–H groups in total. The minimum atomic E-state index is -0.998. The van der Waals surface area contributed by atoms with Crippen LogP contribution in [0, 0.1) is 0 Å². The first-order valence-corrected chi connectivity index (χ1v) is 11.0. The molecule has 0 spiro atoms. The molecule has 1 aromatic heterocycles. The molecule has 3 fully saturated rings. The Bertz CT molecular complexity index is 847. The molecule has 4 amide bonds. The van der Waals surface area contributed by atoms with E-state index in [1.807, 2.05) is 13.2 Å². The molecular weight excluding hydrogens is 400 g/mol. The number of amides is 4. The normalized spacial score (nSPS) is 26.9. The van der Waals surface area contributed by atoms with Crippen molar-refractivity contribution in [3.8, 4) is 0 Å². The van der Waals surface area contributed by atoms with Crippen LogP contribution in [-0.4, -0.2) is 93.3 Å². The van der Waals surface area contributed by atoms with Gasteiger partial charge in [0.1, 0.15) is 12.1 Å². The first-order valence-electron chi connectivity index (χ1n) is 11.0. The zero-order valence-electron chi connectivity index (χ0n) is 18.5. The van der Waals surface area contributed by atoms with Gasteiger partial charge >= 0.3 is 6.03 Å². The molecule has 0 unspecified atom stereocenters. The Morgan fingerprint density at radius 1 is 1.23 bits per heavy atom. The van der Waals surface area contributed by atoms with Crippen LogP contribution in [-0.2, 0) is 21.4 Å². The number of nitrogens with one attached hydrogen (secondary N) is 1. The van der Waals surface area contributed by atoms with Crippen LogP contribution in [0.4, 0.5) is 4.79 Å². The molecule has 0 aliphatic carbocycles. The summed E-state index contributed by atoms with van der Waals surface area (Å²) in [7, 11) is 1.84. The number of carbonyl (C=O) groups excluding carboxylic acids is 3. The average molecular weight is 433 g/mol. The minimum Gasteiger partial charge on any atom is -0.373 e. The van der Waals surface area contributed by atoms with E-state index >= 15 is 0 Å². The molecule has 31 heavy (non-hydrogen) atoms. The number of piperidine rings is 1. The molecular formula is C21H32N6O4. The number of ether oxygens (including phenoxy) is 1. The Kier molecular flexibility index (Phi) is 6.02. The smallest absolute Gasteiger partial charge is 0.325 e. The number of urea groups is 1. The second kappa shape index (κ2) is 8.58. The van der Waals surface area contributed by atoms with Gasteiger partial charge in [0.25, 0.3) is 5.91 Å². The zero-order chi connectivity index (χ0) is 22.2. The predicted molar refractivity (Wildman–Crippen MR) is 112 cm³/mol. The van der Waals surface area contributed by atoms with Crippen LogP contribution < -0.4 is 5.32 Å². The first-order chi connectivity index (χ1) is 14.8. The van der Waals surface area contributed by atoms with Crippen LogP contribution in [0.3, 0.4) is 0 Å². The molecule has 0 saturated carbocycles. The summed E-state index contributed by atoms with van der Waals surface area (Å²) in [6.07, 6.45) is 7.07. The largest absolute Gasteiger partial charge is 0.373 e. The highest BCUT2D eigenvalue weighted by atomic mass is 16.5. The van der Waals surface area contributed by atoms with E-state index in [0.717, 1.165) is 30.1 Å². The number of hydrogen-bond acceptors (Lipinski definition) is 6. The van der Waals surface area contributed by atoms with Crippen molar-refractivity contribution >= 4 is 17.8 Å². The van der Waals surface area contributed by atoms with Gasteiger partial charge < -0.3 is 19.9 Å². The van der Waals surface area contributed by atoms with Gasteiger partial charge in [-0.3, -0.25) is 19.2 Å². The number of carbonyl (C=O) groups is 3. The maximum atomic E-state index is 13.3. The standard InChI is InChI=1S/C21H32N6O4/c1-21(2)19(29)27(20(30)23-21)14-17(28)26-9-10-31-16(13-25-7-5-4-6-8-25)18(26)15-11-22-24(3)12-15/h11-12,16,18H,4-10,13-14H2,1-3H3,(H,23,30)/t16-,18-/m0/s1. The Morgan fingerprint density at radius 3 is 2.58 bits per heavy atom. The van der Waals surface area contributed by atoms with Crippen molar-refractivity contribution in [1.29, 1.82) is 0 Å². The number of imide groups is 1. The van der Waals surface area contributed by atoms with E-state index in [0.29, 0.717) is 13.2 Å². The van der Waals surface area contributed by atoms with E-state index < -0.39 is 11.6 Å². The van der Waals surface area contributed by atoms with Crippen molar-refractivity contribution in [3.05, 3.63) is 18.0 Å². The third-order valence-electron chi connectivity index (χ3n) is 6.36. The van der Waals surface area contributed by atoms with Crippen molar-refractivity contribution in [2.24, 2.45) is 7.05 Å². The van der Waals surface area contributed by atoms with Gasteiger partial charge in [0.15, 0.2) is 0 Å². The fourth-order valence-electron chi connectivity index (χ4n) is 4.74. The van der Waals surface area contributed by atoms with E-state index in [4.69, 9.17) is 4.74 Å². The van der Waals surface area contributed by atoms with E-state index in [2.05, 4.69) is 15.3 Å². The number of morpholine rings is 1. The van der Waals surface area contributed by atoms with Crippen LogP contribution in [0.2, 0.25) is 0 Å². The third kappa shape index (κ3) is 4.45. The van der Waals surface area contributed by atoms with Crippen LogP contribution in [0.25, 0.3) is 0 Å². The molecule has 0 radical (unpaired) electrons. The number of aryl methyl sites for hydroxylation is 1. The summed E-state index contributed by atoms with van der Waals surface area (Å²) in [5.74, 6) is -0.649. The number of rotatable bonds is 5. The van der Waals surface area contributed by atoms with Gasteiger partial charge in [0.2, 0.25) is 5.91 Å². The van der Waals surface area contributed by atoms with Gasteiger partial charge in [-0.1, -0.05) is 6.42 Å². The van der Waals surface area contributed by atoms with E-state index in [-0.39, 0.29) is 30.5 Å². The Hall–Kier alpha value is -2.46. The Morgan fingerprint density at radius 2 is 1.97 bits per heavy atom. The van der Waals surface area contributed by atoms with Crippen molar-refractivity contribution in [1.82, 2.24) is 29.8 Å². The number of aromatic nitrogens is 2. The van der Waals surface area contributed by atoms with E-state index in [1.165, 1.54) is 19.3 Å². The van der Waals surface area contributed by atoms with E-state index in [9.17, 15) is 14.4 Å². The van der Waals surface area contributed by atoms with Crippen LogP contribution in [0.5, 0.6) is 0 Å². The lowest BCUT2D eigenvalue weighted by Crippen LogP contribution is -2.54. The molecule has 0 bridgehead atoms. The molecule has 4 rings (SSSR count). The highest BCUT2D eigenvalue weighted by Crippen LogP contribution is 2.31. The molecule has 1 aromatic rings. The SMILES string of the molecule is Cn1cc([C@H]2[C@H](CN3CCCCC3)OCCN2C(=O)CN2C(=O)NC(C)(C)C2=O)cn1. The second-order valence-electron chi connectivity index (χ2n) is 9.20. The maximum Gasteiger partial charge on any atom is 0.325 e. The van der Waals surface area contributed by atoms with Gasteiger partial charge in [-0.15, -0.1) is 0 Å². The van der Waals surface area contributed by atoms with Gasteiger partial charge in [0.05, 0.1) is 24.9 Å². The summed E-state index contributed by atoms with van der Waals surface area (Å²) in [4.78, 5) is 43.3. The average Bonchev–Trinajstić information content (AvgIpc) is 3.24. The lowest BCUT2D eigenvalue weighted by molar-refractivity contribution is -0.151. The summed E-state index contributed by atoms with van der Waals surface area (Å²) in [6.45, 7) is 6.63. The van der Waals surface area contributed by atoms with Crippen molar-refractivity contribution in [2.45, 2.75) is 50.8 Å². The first kappa shape index (κ1) is 21.8. The van der Waals surface area contributed by atoms with Crippen LogP contribution >= 0.6 is 0 Å².